The first-order valence-corrected chi connectivity index (χ1v) is 5.35. The van der Waals surface area contributed by atoms with E-state index in [0.29, 0.717) is 11.9 Å². The van der Waals surface area contributed by atoms with Crippen molar-refractivity contribution >= 4 is 11.9 Å². The number of aromatic carboxylic acids is 1. The highest BCUT2D eigenvalue weighted by Crippen LogP contribution is 2.38. The molecule has 1 saturated carbocycles. The van der Waals surface area contributed by atoms with Crippen LogP contribution in [-0.4, -0.2) is 34.6 Å². The van der Waals surface area contributed by atoms with Crippen molar-refractivity contribution in [3.63, 3.8) is 0 Å². The van der Waals surface area contributed by atoms with Gasteiger partial charge in [0.25, 0.3) is 0 Å². The van der Waals surface area contributed by atoms with Crippen LogP contribution in [0.3, 0.4) is 0 Å². The van der Waals surface area contributed by atoms with Crippen molar-refractivity contribution in [3.05, 3.63) is 18.0 Å². The molecular weight excluding hydrogens is 206 g/mol. The van der Waals surface area contributed by atoms with Gasteiger partial charge in [-0.1, -0.05) is 6.92 Å². The number of carboxylic acid groups (broad SMARTS) is 1. The average molecular weight is 221 g/mol. The van der Waals surface area contributed by atoms with E-state index >= 15 is 0 Å². The Morgan fingerprint density at radius 2 is 2.38 bits per heavy atom. The SMILES string of the molecule is CC1CC1CN(C)c1nccc(C(=O)O)n1. The maximum Gasteiger partial charge on any atom is 0.354 e. The first-order valence-electron chi connectivity index (χ1n) is 5.35. The summed E-state index contributed by atoms with van der Waals surface area (Å²) in [5.41, 5.74) is 0.0423. The van der Waals surface area contributed by atoms with Gasteiger partial charge in [0, 0.05) is 19.8 Å². The number of nitrogens with zero attached hydrogens (tertiary/aromatic N) is 3. The number of rotatable bonds is 4. The molecule has 0 aromatic carbocycles. The molecule has 16 heavy (non-hydrogen) atoms. The maximum atomic E-state index is 10.8. The number of hydrogen-bond acceptors (Lipinski definition) is 4. The molecule has 0 aliphatic heterocycles. The summed E-state index contributed by atoms with van der Waals surface area (Å²) in [7, 11) is 1.89. The van der Waals surface area contributed by atoms with E-state index in [-0.39, 0.29) is 5.69 Å². The van der Waals surface area contributed by atoms with Gasteiger partial charge in [0.2, 0.25) is 5.95 Å². The van der Waals surface area contributed by atoms with E-state index < -0.39 is 5.97 Å². The van der Waals surface area contributed by atoms with Gasteiger partial charge in [-0.15, -0.1) is 0 Å². The van der Waals surface area contributed by atoms with Crippen LogP contribution in [0.1, 0.15) is 23.8 Å². The molecule has 0 saturated heterocycles. The predicted molar refractivity (Wildman–Crippen MR) is 59.5 cm³/mol. The third-order valence-corrected chi connectivity index (χ3v) is 2.99. The van der Waals surface area contributed by atoms with Crippen molar-refractivity contribution in [2.24, 2.45) is 11.8 Å². The highest BCUT2D eigenvalue weighted by atomic mass is 16.4. The summed E-state index contributed by atoms with van der Waals surface area (Å²) in [6.45, 7) is 3.11. The van der Waals surface area contributed by atoms with E-state index in [9.17, 15) is 4.79 Å². The summed E-state index contributed by atoms with van der Waals surface area (Å²) in [6, 6.07) is 1.40. The average Bonchev–Trinajstić information content (AvgIpc) is 2.94. The molecule has 5 nitrogen and oxygen atoms in total. The Labute approximate surface area is 94.1 Å². The Morgan fingerprint density at radius 3 is 2.94 bits per heavy atom. The fraction of sp³-hybridized carbons (Fsp3) is 0.545. The van der Waals surface area contributed by atoms with Crippen molar-refractivity contribution in [2.45, 2.75) is 13.3 Å². The summed E-state index contributed by atoms with van der Waals surface area (Å²) < 4.78 is 0. The topological polar surface area (TPSA) is 66.3 Å². The van der Waals surface area contributed by atoms with Crippen LogP contribution in [0, 0.1) is 11.8 Å². The number of carboxylic acids is 1. The molecule has 1 fully saturated rings. The number of hydrogen-bond donors (Lipinski definition) is 1. The second-order valence-electron chi connectivity index (χ2n) is 4.40. The normalized spacial score (nSPS) is 22.9. The minimum absolute atomic E-state index is 0.0423. The van der Waals surface area contributed by atoms with Crippen molar-refractivity contribution < 1.29 is 9.90 Å². The molecule has 0 spiro atoms. The van der Waals surface area contributed by atoms with Gasteiger partial charge < -0.3 is 10.0 Å². The van der Waals surface area contributed by atoms with Gasteiger partial charge >= 0.3 is 5.97 Å². The second-order valence-corrected chi connectivity index (χ2v) is 4.40. The van der Waals surface area contributed by atoms with Crippen LogP contribution >= 0.6 is 0 Å². The Bertz CT molecular complexity index is 408. The first-order chi connectivity index (χ1) is 7.58. The molecular formula is C11H15N3O2. The van der Waals surface area contributed by atoms with Crippen LogP contribution in [-0.2, 0) is 0 Å². The van der Waals surface area contributed by atoms with E-state index in [1.165, 1.54) is 18.7 Å². The molecule has 1 aliphatic carbocycles. The number of carbonyl (C=O) groups is 1. The zero-order valence-corrected chi connectivity index (χ0v) is 9.42. The molecule has 2 rings (SSSR count). The van der Waals surface area contributed by atoms with E-state index in [4.69, 9.17) is 5.11 Å². The molecule has 2 unspecified atom stereocenters. The van der Waals surface area contributed by atoms with Gasteiger partial charge in [-0.2, -0.15) is 0 Å². The molecule has 1 aromatic rings. The number of anilines is 1. The molecule has 0 amide bonds. The van der Waals surface area contributed by atoms with E-state index in [2.05, 4.69) is 16.9 Å². The zero-order chi connectivity index (χ0) is 11.7. The maximum absolute atomic E-state index is 10.8. The predicted octanol–water partition coefficient (Wildman–Crippen LogP) is 1.27. The van der Waals surface area contributed by atoms with E-state index in [0.717, 1.165) is 12.5 Å². The summed E-state index contributed by atoms with van der Waals surface area (Å²) in [6.07, 6.45) is 2.72. The molecule has 1 heterocycles. The minimum Gasteiger partial charge on any atom is -0.477 e. The quantitative estimate of drug-likeness (QED) is 0.829. The second kappa shape index (κ2) is 4.08. The first kappa shape index (κ1) is 10.9. The zero-order valence-electron chi connectivity index (χ0n) is 9.42. The molecule has 1 N–H and O–H groups in total. The number of aromatic nitrogens is 2. The summed E-state index contributed by atoms with van der Waals surface area (Å²) in [4.78, 5) is 20.7. The van der Waals surface area contributed by atoms with Gasteiger partial charge in [0.1, 0.15) is 0 Å². The molecule has 0 radical (unpaired) electrons. The van der Waals surface area contributed by atoms with Crippen molar-refractivity contribution in [1.29, 1.82) is 0 Å². The highest BCUT2D eigenvalue weighted by molar-refractivity contribution is 5.85. The third kappa shape index (κ3) is 2.29. The smallest absolute Gasteiger partial charge is 0.354 e. The van der Waals surface area contributed by atoms with Gasteiger partial charge in [0.05, 0.1) is 0 Å². The van der Waals surface area contributed by atoms with Gasteiger partial charge in [-0.25, -0.2) is 14.8 Å². The van der Waals surface area contributed by atoms with Gasteiger partial charge in [-0.3, -0.25) is 0 Å². The lowest BCUT2D eigenvalue weighted by Crippen LogP contribution is -2.23. The molecule has 1 aromatic heterocycles. The Hall–Kier alpha value is -1.65. The highest BCUT2D eigenvalue weighted by Gasteiger charge is 2.33. The summed E-state index contributed by atoms with van der Waals surface area (Å²) >= 11 is 0. The monoisotopic (exact) mass is 221 g/mol. The lowest BCUT2D eigenvalue weighted by Gasteiger charge is -2.16. The van der Waals surface area contributed by atoms with Gasteiger partial charge in [0.15, 0.2) is 5.69 Å². The molecule has 86 valence electrons. The summed E-state index contributed by atoms with van der Waals surface area (Å²) in [5, 5.41) is 8.82. The van der Waals surface area contributed by atoms with Crippen molar-refractivity contribution in [2.75, 3.05) is 18.5 Å². The van der Waals surface area contributed by atoms with Crippen LogP contribution in [0.15, 0.2) is 12.3 Å². The Balaban J connectivity index is 2.07. The minimum atomic E-state index is -1.02. The van der Waals surface area contributed by atoms with Crippen LogP contribution in [0.4, 0.5) is 5.95 Å². The summed E-state index contributed by atoms with van der Waals surface area (Å²) in [5.74, 6) is 0.933. The third-order valence-electron chi connectivity index (χ3n) is 2.99. The molecule has 1 aliphatic rings. The Kier molecular flexibility index (Phi) is 2.77. The van der Waals surface area contributed by atoms with Crippen molar-refractivity contribution in [3.8, 4) is 0 Å². The lowest BCUT2D eigenvalue weighted by atomic mass is 10.3. The lowest BCUT2D eigenvalue weighted by molar-refractivity contribution is 0.0690. The van der Waals surface area contributed by atoms with E-state index in [1.54, 1.807) is 0 Å². The Morgan fingerprint density at radius 1 is 1.69 bits per heavy atom. The van der Waals surface area contributed by atoms with Crippen LogP contribution in [0.2, 0.25) is 0 Å². The molecule has 5 heteroatoms. The van der Waals surface area contributed by atoms with Gasteiger partial charge in [-0.05, 0) is 24.3 Å². The van der Waals surface area contributed by atoms with Crippen LogP contribution < -0.4 is 4.90 Å². The molecule has 2 atom stereocenters. The fourth-order valence-corrected chi connectivity index (χ4v) is 1.74. The largest absolute Gasteiger partial charge is 0.477 e. The van der Waals surface area contributed by atoms with Crippen LogP contribution in [0.25, 0.3) is 0 Å². The fourth-order valence-electron chi connectivity index (χ4n) is 1.74. The standard InChI is InChI=1S/C11H15N3O2/c1-7-5-8(7)6-14(2)11-12-4-3-9(13-11)10(15)16/h3-4,7-8H,5-6H2,1-2H3,(H,15,16). The van der Waals surface area contributed by atoms with Crippen molar-refractivity contribution in [1.82, 2.24) is 9.97 Å². The van der Waals surface area contributed by atoms with E-state index in [1.807, 2.05) is 11.9 Å². The van der Waals surface area contributed by atoms with Crippen LogP contribution in [0.5, 0.6) is 0 Å². The molecule has 0 bridgehead atoms.